The van der Waals surface area contributed by atoms with Gasteiger partial charge in [-0.15, -0.1) is 0 Å². The summed E-state index contributed by atoms with van der Waals surface area (Å²) < 4.78 is 11.1. The van der Waals surface area contributed by atoms with Crippen LogP contribution in [0, 0.1) is 11.3 Å². The number of amides is 5. The van der Waals surface area contributed by atoms with E-state index >= 15 is 0 Å². The van der Waals surface area contributed by atoms with Gasteiger partial charge < -0.3 is 40.6 Å². The number of benzene rings is 2. The summed E-state index contributed by atoms with van der Waals surface area (Å²) in [5.74, 6) is -1.82. The predicted molar refractivity (Wildman–Crippen MR) is 187 cm³/mol. The maximum absolute atomic E-state index is 14.4. The van der Waals surface area contributed by atoms with Crippen LogP contribution < -0.4 is 26.0 Å². The van der Waals surface area contributed by atoms with E-state index in [9.17, 15) is 24.0 Å². The molecule has 2 aromatic carbocycles. The second kappa shape index (κ2) is 16.2. The van der Waals surface area contributed by atoms with Crippen LogP contribution in [0.5, 0.6) is 5.75 Å². The Balaban J connectivity index is 1.50. The zero-order valence-corrected chi connectivity index (χ0v) is 29.2. The van der Waals surface area contributed by atoms with Crippen molar-refractivity contribution in [2.45, 2.75) is 64.6 Å². The third kappa shape index (κ3) is 9.20. The SMILES string of the molecule is COCCN1CC(=O)N[C@@H](C(C)C)C(=O)NCCOc2ccc(cc2)C[C@H](NC(=O)C2(C)CC2)C(=O)N[C@@H](Cc2c[nH]c3ccccc23)C1=O. The number of fused-ring (bicyclic) bond motifs is 18. The molecule has 0 saturated heterocycles. The Hall–Kier alpha value is -4.91. The lowest BCUT2D eigenvalue weighted by Crippen LogP contribution is -2.58. The fourth-order valence-electron chi connectivity index (χ4n) is 5.98. The van der Waals surface area contributed by atoms with Crippen LogP contribution in [0.1, 0.15) is 44.7 Å². The van der Waals surface area contributed by atoms with E-state index in [1.54, 1.807) is 18.3 Å². The molecule has 5 N–H and O–H groups in total. The maximum Gasteiger partial charge on any atom is 0.246 e. The van der Waals surface area contributed by atoms with Crippen molar-refractivity contribution in [3.05, 3.63) is 65.9 Å². The molecule has 2 aliphatic heterocycles. The number of carbonyl (C=O) groups is 5. The van der Waals surface area contributed by atoms with E-state index < -0.39 is 41.3 Å². The van der Waals surface area contributed by atoms with Gasteiger partial charge in [-0.05, 0) is 48.1 Å². The number of aromatic amines is 1. The predicted octanol–water partition coefficient (Wildman–Crippen LogP) is 1.85. The molecule has 1 aliphatic carbocycles. The van der Waals surface area contributed by atoms with Crippen molar-refractivity contribution in [3.8, 4) is 5.75 Å². The summed E-state index contributed by atoms with van der Waals surface area (Å²) in [4.78, 5) is 73.0. The molecular weight excluding hydrogens is 640 g/mol. The Morgan fingerprint density at radius 2 is 1.78 bits per heavy atom. The maximum atomic E-state index is 14.4. The largest absolute Gasteiger partial charge is 0.492 e. The van der Waals surface area contributed by atoms with Gasteiger partial charge in [0.1, 0.15) is 30.5 Å². The van der Waals surface area contributed by atoms with Crippen LogP contribution in [-0.4, -0.2) is 97.5 Å². The lowest BCUT2D eigenvalue weighted by molar-refractivity contribution is -0.141. The molecule has 1 fully saturated rings. The first kappa shape index (κ1) is 36.4. The van der Waals surface area contributed by atoms with E-state index in [1.165, 1.54) is 12.0 Å². The zero-order valence-electron chi connectivity index (χ0n) is 29.2. The van der Waals surface area contributed by atoms with Crippen LogP contribution in [0.2, 0.25) is 0 Å². The molecule has 0 unspecified atom stereocenters. The van der Waals surface area contributed by atoms with E-state index in [0.717, 1.165) is 34.9 Å². The lowest BCUT2D eigenvalue weighted by Gasteiger charge is -2.30. The molecule has 1 aromatic heterocycles. The zero-order chi connectivity index (χ0) is 35.8. The molecule has 0 radical (unpaired) electrons. The summed E-state index contributed by atoms with van der Waals surface area (Å²) in [6.07, 6.45) is 3.55. The third-order valence-electron chi connectivity index (χ3n) is 9.39. The van der Waals surface area contributed by atoms with Crippen LogP contribution in [0.25, 0.3) is 10.9 Å². The topological polar surface area (TPSA) is 171 Å². The molecule has 0 spiro atoms. The molecule has 3 aromatic rings. The Labute approximate surface area is 292 Å². The first-order valence-electron chi connectivity index (χ1n) is 17.2. The Morgan fingerprint density at radius 1 is 1.04 bits per heavy atom. The van der Waals surface area contributed by atoms with Crippen molar-refractivity contribution < 1.29 is 33.4 Å². The number of methoxy groups -OCH3 is 1. The highest BCUT2D eigenvalue weighted by atomic mass is 16.5. The van der Waals surface area contributed by atoms with E-state index in [4.69, 9.17) is 9.47 Å². The smallest absolute Gasteiger partial charge is 0.246 e. The van der Waals surface area contributed by atoms with Gasteiger partial charge in [0, 0.05) is 49.0 Å². The van der Waals surface area contributed by atoms with Crippen molar-refractivity contribution in [3.63, 3.8) is 0 Å². The quantitative estimate of drug-likeness (QED) is 0.225. The molecule has 13 heteroatoms. The second-order valence-corrected chi connectivity index (χ2v) is 13.7. The number of nitrogens with zero attached hydrogens (tertiary/aromatic N) is 1. The fourth-order valence-corrected chi connectivity index (χ4v) is 5.98. The number of hydrogen-bond acceptors (Lipinski definition) is 7. The molecule has 6 rings (SSSR count). The van der Waals surface area contributed by atoms with Gasteiger partial charge in [-0.25, -0.2) is 0 Å². The normalized spacial score (nSPS) is 22.0. The summed E-state index contributed by atoms with van der Waals surface area (Å²) in [5.41, 5.74) is 1.91. The molecule has 13 nitrogen and oxygen atoms in total. The summed E-state index contributed by atoms with van der Waals surface area (Å²) in [6, 6.07) is 11.9. The summed E-state index contributed by atoms with van der Waals surface area (Å²) in [5, 5.41) is 12.4. The summed E-state index contributed by atoms with van der Waals surface area (Å²) >= 11 is 0. The highest BCUT2D eigenvalue weighted by Gasteiger charge is 2.46. The van der Waals surface area contributed by atoms with Crippen LogP contribution in [0.4, 0.5) is 0 Å². The fraction of sp³-hybridized carbons (Fsp3) is 0.486. The van der Waals surface area contributed by atoms with Gasteiger partial charge in [0.2, 0.25) is 29.5 Å². The van der Waals surface area contributed by atoms with Gasteiger partial charge >= 0.3 is 0 Å². The lowest BCUT2D eigenvalue weighted by atomic mass is 10.0. The minimum atomic E-state index is -1.10. The van der Waals surface area contributed by atoms with Gasteiger partial charge in [-0.2, -0.15) is 0 Å². The number of para-hydroxylation sites is 1. The first-order valence-corrected chi connectivity index (χ1v) is 17.2. The van der Waals surface area contributed by atoms with Crippen LogP contribution >= 0.6 is 0 Å². The molecule has 268 valence electrons. The minimum absolute atomic E-state index is 0.0593. The highest BCUT2D eigenvalue weighted by Crippen LogP contribution is 2.45. The minimum Gasteiger partial charge on any atom is -0.492 e. The Bertz CT molecular complexity index is 1680. The molecule has 50 heavy (non-hydrogen) atoms. The number of hydrogen-bond donors (Lipinski definition) is 5. The highest BCUT2D eigenvalue weighted by molar-refractivity contribution is 5.96. The third-order valence-corrected chi connectivity index (χ3v) is 9.39. The first-order chi connectivity index (χ1) is 24.0. The molecular formula is C37H48N6O7. The number of rotatable bonds is 8. The Kier molecular flexibility index (Phi) is 11.8. The molecule has 3 atom stereocenters. The van der Waals surface area contributed by atoms with Gasteiger partial charge in [0.15, 0.2) is 0 Å². The molecule has 1 saturated carbocycles. The number of carbonyl (C=O) groups excluding carboxylic acids is 5. The average molecular weight is 689 g/mol. The van der Waals surface area contributed by atoms with Crippen molar-refractivity contribution in [1.82, 2.24) is 31.2 Å². The number of ether oxygens (including phenoxy) is 2. The number of H-pyrrole nitrogens is 1. The average Bonchev–Trinajstić information content (AvgIpc) is 3.73. The van der Waals surface area contributed by atoms with Crippen LogP contribution in [-0.2, 0) is 41.6 Å². The van der Waals surface area contributed by atoms with E-state index in [0.29, 0.717) is 5.75 Å². The van der Waals surface area contributed by atoms with Crippen molar-refractivity contribution in [2.24, 2.45) is 11.3 Å². The van der Waals surface area contributed by atoms with E-state index in [1.807, 2.05) is 57.2 Å². The number of aromatic nitrogens is 1. The van der Waals surface area contributed by atoms with E-state index in [-0.39, 0.29) is 63.4 Å². The second-order valence-electron chi connectivity index (χ2n) is 13.7. The number of nitrogens with one attached hydrogen (secondary N) is 5. The molecule has 3 aliphatic rings. The van der Waals surface area contributed by atoms with Crippen molar-refractivity contribution >= 4 is 40.4 Å². The summed E-state index contributed by atoms with van der Waals surface area (Å²) in [7, 11) is 1.49. The van der Waals surface area contributed by atoms with Gasteiger partial charge in [0.25, 0.3) is 0 Å². The van der Waals surface area contributed by atoms with Crippen LogP contribution in [0.3, 0.4) is 0 Å². The van der Waals surface area contributed by atoms with Gasteiger partial charge in [-0.3, -0.25) is 24.0 Å². The standard InChI is InChI=1S/C37H48N6O7/c1-23(2)32-34(46)38-15-17-50-26-11-9-24(10-12-26)19-29(41-36(48)37(3)13-14-37)33(45)40-30(20-25-21-39-28-8-6-5-7-27(25)28)35(47)43(16-18-49-4)22-31(44)42-32/h5-12,21,23,29-30,32,39H,13-20,22H2,1-4H3,(H,38,46)(H,40,45)(H,41,48)(H,42,44)/t29-,30-,32-/m0/s1. The molecule has 5 amide bonds. The van der Waals surface area contributed by atoms with Crippen molar-refractivity contribution in [1.29, 1.82) is 0 Å². The Morgan fingerprint density at radius 3 is 2.48 bits per heavy atom. The van der Waals surface area contributed by atoms with Gasteiger partial charge in [-0.1, -0.05) is 51.1 Å². The van der Waals surface area contributed by atoms with E-state index in [2.05, 4.69) is 26.3 Å². The molecule has 2 bridgehead atoms. The summed E-state index contributed by atoms with van der Waals surface area (Å²) in [6.45, 7) is 5.74. The monoisotopic (exact) mass is 688 g/mol. The van der Waals surface area contributed by atoms with Crippen LogP contribution in [0.15, 0.2) is 54.7 Å². The van der Waals surface area contributed by atoms with Gasteiger partial charge in [0.05, 0.1) is 19.7 Å². The van der Waals surface area contributed by atoms with Crippen molar-refractivity contribution in [2.75, 3.05) is 40.0 Å². The molecule has 3 heterocycles.